The molecule has 2 rings (SSSR count). The molecule has 2 aromatic heterocycles. The van der Waals surface area contributed by atoms with Crippen molar-refractivity contribution in [2.75, 3.05) is 7.11 Å². The molecule has 0 radical (unpaired) electrons. The van der Waals surface area contributed by atoms with Crippen LogP contribution in [0.15, 0.2) is 24.4 Å². The van der Waals surface area contributed by atoms with E-state index in [1.165, 1.54) is 13.3 Å². The summed E-state index contributed by atoms with van der Waals surface area (Å²) in [5, 5.41) is 6.82. The number of ether oxygens (including phenoxy) is 1. The average Bonchev–Trinajstić information content (AvgIpc) is 2.84. The fourth-order valence-electron chi connectivity index (χ4n) is 1.70. The zero-order valence-electron chi connectivity index (χ0n) is 12.1. The van der Waals surface area contributed by atoms with Crippen molar-refractivity contribution in [1.82, 2.24) is 20.1 Å². The van der Waals surface area contributed by atoms with Gasteiger partial charge in [-0.05, 0) is 25.1 Å². The molecule has 1 amide bonds. The number of carbonyl (C=O) groups excluding carboxylic acids is 2. The molecule has 0 aliphatic rings. The van der Waals surface area contributed by atoms with E-state index < -0.39 is 5.97 Å². The van der Waals surface area contributed by atoms with E-state index in [4.69, 9.17) is 0 Å². The van der Waals surface area contributed by atoms with Crippen LogP contribution in [-0.4, -0.2) is 33.8 Å². The Bertz CT molecular complexity index is 642. The summed E-state index contributed by atoms with van der Waals surface area (Å²) < 4.78 is 6.22. The Morgan fingerprint density at radius 3 is 2.67 bits per heavy atom. The number of esters is 1. The lowest BCUT2D eigenvalue weighted by Crippen LogP contribution is -2.24. The van der Waals surface area contributed by atoms with Crippen molar-refractivity contribution in [2.24, 2.45) is 7.05 Å². The maximum Gasteiger partial charge on any atom is 0.339 e. The number of pyridine rings is 1. The highest BCUT2D eigenvalue weighted by atomic mass is 16.5. The smallest absolute Gasteiger partial charge is 0.339 e. The van der Waals surface area contributed by atoms with Crippen molar-refractivity contribution in [1.29, 1.82) is 0 Å². The number of aromatic nitrogens is 3. The maximum atomic E-state index is 11.9. The second kappa shape index (κ2) is 6.17. The number of rotatable bonds is 4. The lowest BCUT2D eigenvalue weighted by Gasteiger charge is -2.04. The largest absolute Gasteiger partial charge is 0.465 e. The molecule has 0 spiro atoms. The van der Waals surface area contributed by atoms with Crippen LogP contribution >= 0.6 is 0 Å². The Balaban J connectivity index is 1.96. The van der Waals surface area contributed by atoms with E-state index in [1.807, 2.05) is 6.92 Å². The summed E-state index contributed by atoms with van der Waals surface area (Å²) in [4.78, 5) is 27.3. The molecule has 1 N–H and O–H groups in total. The summed E-state index contributed by atoms with van der Waals surface area (Å²) in [5.41, 5.74) is 2.28. The lowest BCUT2D eigenvalue weighted by atomic mass is 10.2. The van der Waals surface area contributed by atoms with Crippen LogP contribution in [-0.2, 0) is 18.3 Å². The predicted octanol–water partition coefficient (Wildman–Crippen LogP) is 0.840. The van der Waals surface area contributed by atoms with Gasteiger partial charge in [0.1, 0.15) is 5.69 Å². The molecule has 0 aliphatic heterocycles. The summed E-state index contributed by atoms with van der Waals surface area (Å²) in [5.74, 6) is -0.709. The van der Waals surface area contributed by atoms with E-state index in [2.05, 4.69) is 20.1 Å². The number of carbonyl (C=O) groups is 2. The second-order valence-electron chi connectivity index (χ2n) is 4.51. The highest BCUT2D eigenvalue weighted by Crippen LogP contribution is 2.04. The number of nitrogens with zero attached hydrogens (tertiary/aromatic N) is 3. The van der Waals surface area contributed by atoms with E-state index in [1.54, 1.807) is 29.9 Å². The van der Waals surface area contributed by atoms with Crippen molar-refractivity contribution in [3.05, 3.63) is 47.0 Å². The number of amides is 1. The first-order valence-electron chi connectivity index (χ1n) is 6.33. The molecule has 7 heteroatoms. The van der Waals surface area contributed by atoms with Crippen LogP contribution in [0.1, 0.15) is 32.2 Å². The first-order valence-corrected chi connectivity index (χ1v) is 6.33. The predicted molar refractivity (Wildman–Crippen MR) is 74.7 cm³/mol. The minimum absolute atomic E-state index is 0.260. The molecule has 0 saturated carbocycles. The van der Waals surface area contributed by atoms with Crippen LogP contribution in [0.3, 0.4) is 0 Å². The minimum Gasteiger partial charge on any atom is -0.465 e. The van der Waals surface area contributed by atoms with Gasteiger partial charge in [0.05, 0.1) is 24.9 Å². The zero-order valence-corrected chi connectivity index (χ0v) is 12.1. The molecule has 0 atom stereocenters. The molecule has 2 aromatic rings. The quantitative estimate of drug-likeness (QED) is 0.843. The van der Waals surface area contributed by atoms with Crippen LogP contribution in [0.4, 0.5) is 0 Å². The molecule has 0 saturated heterocycles. The van der Waals surface area contributed by atoms with E-state index in [0.717, 1.165) is 5.69 Å². The standard InChI is InChI=1S/C14H16N4O3/c1-9-6-12(17-18(9)2)13(19)16-8-11-5-4-10(7-15-11)14(20)21-3/h4-7H,8H2,1-3H3,(H,16,19). The van der Waals surface area contributed by atoms with Crippen LogP contribution in [0.5, 0.6) is 0 Å². The van der Waals surface area contributed by atoms with Gasteiger partial charge in [-0.2, -0.15) is 5.10 Å². The van der Waals surface area contributed by atoms with Crippen LogP contribution in [0.25, 0.3) is 0 Å². The molecule has 0 aliphatic carbocycles. The number of hydrogen-bond donors (Lipinski definition) is 1. The van der Waals surface area contributed by atoms with E-state index >= 15 is 0 Å². The molecule has 110 valence electrons. The van der Waals surface area contributed by atoms with Gasteiger partial charge < -0.3 is 10.1 Å². The highest BCUT2D eigenvalue weighted by molar-refractivity contribution is 5.92. The molecule has 0 bridgehead atoms. The monoisotopic (exact) mass is 288 g/mol. The topological polar surface area (TPSA) is 86.1 Å². The molecule has 7 nitrogen and oxygen atoms in total. The fourth-order valence-corrected chi connectivity index (χ4v) is 1.70. The van der Waals surface area contributed by atoms with Gasteiger partial charge in [-0.1, -0.05) is 0 Å². The zero-order chi connectivity index (χ0) is 15.4. The van der Waals surface area contributed by atoms with Gasteiger partial charge in [0, 0.05) is 18.9 Å². The Labute approximate surface area is 121 Å². The van der Waals surface area contributed by atoms with E-state index in [9.17, 15) is 9.59 Å². The Hall–Kier alpha value is -2.70. The van der Waals surface area contributed by atoms with Gasteiger partial charge in [0.15, 0.2) is 0 Å². The summed E-state index contributed by atoms with van der Waals surface area (Å²) in [6.45, 7) is 2.13. The Morgan fingerprint density at radius 2 is 2.14 bits per heavy atom. The van der Waals surface area contributed by atoms with Crippen LogP contribution < -0.4 is 5.32 Å². The van der Waals surface area contributed by atoms with Crippen molar-refractivity contribution in [2.45, 2.75) is 13.5 Å². The van der Waals surface area contributed by atoms with Crippen molar-refractivity contribution < 1.29 is 14.3 Å². The maximum absolute atomic E-state index is 11.9. The third kappa shape index (κ3) is 3.44. The first-order chi connectivity index (χ1) is 10.0. The Morgan fingerprint density at radius 1 is 1.38 bits per heavy atom. The fraction of sp³-hybridized carbons (Fsp3) is 0.286. The molecular weight excluding hydrogens is 272 g/mol. The number of hydrogen-bond acceptors (Lipinski definition) is 5. The van der Waals surface area contributed by atoms with Gasteiger partial charge in [-0.3, -0.25) is 14.5 Å². The molecule has 0 aromatic carbocycles. The van der Waals surface area contributed by atoms with Gasteiger partial charge in [0.25, 0.3) is 5.91 Å². The van der Waals surface area contributed by atoms with Gasteiger partial charge in [-0.15, -0.1) is 0 Å². The lowest BCUT2D eigenvalue weighted by molar-refractivity contribution is 0.0600. The molecule has 21 heavy (non-hydrogen) atoms. The first kappa shape index (κ1) is 14.7. The van der Waals surface area contributed by atoms with E-state index in [0.29, 0.717) is 17.0 Å². The summed E-state index contributed by atoms with van der Waals surface area (Å²) in [7, 11) is 3.09. The number of aryl methyl sites for hydroxylation is 2. The molecule has 2 heterocycles. The second-order valence-corrected chi connectivity index (χ2v) is 4.51. The number of nitrogens with one attached hydrogen (secondary N) is 1. The van der Waals surface area contributed by atoms with E-state index in [-0.39, 0.29) is 12.5 Å². The molecule has 0 unspecified atom stereocenters. The van der Waals surface area contributed by atoms with Gasteiger partial charge >= 0.3 is 5.97 Å². The highest BCUT2D eigenvalue weighted by Gasteiger charge is 2.11. The van der Waals surface area contributed by atoms with Crippen molar-refractivity contribution >= 4 is 11.9 Å². The SMILES string of the molecule is COC(=O)c1ccc(CNC(=O)c2cc(C)n(C)n2)nc1. The minimum atomic E-state index is -0.443. The average molecular weight is 288 g/mol. The third-order valence-corrected chi connectivity index (χ3v) is 3.02. The van der Waals surface area contributed by atoms with Gasteiger partial charge in [-0.25, -0.2) is 4.79 Å². The molecule has 0 fully saturated rings. The molecular formula is C14H16N4O3. The van der Waals surface area contributed by atoms with Crippen LogP contribution in [0, 0.1) is 6.92 Å². The third-order valence-electron chi connectivity index (χ3n) is 3.02. The summed E-state index contributed by atoms with van der Waals surface area (Å²) >= 11 is 0. The normalized spacial score (nSPS) is 10.2. The number of methoxy groups -OCH3 is 1. The van der Waals surface area contributed by atoms with Crippen molar-refractivity contribution in [3.8, 4) is 0 Å². The van der Waals surface area contributed by atoms with Crippen LogP contribution in [0.2, 0.25) is 0 Å². The van der Waals surface area contributed by atoms with Gasteiger partial charge in [0.2, 0.25) is 0 Å². The Kier molecular flexibility index (Phi) is 4.32. The summed E-state index contributed by atoms with van der Waals surface area (Å²) in [6, 6.07) is 4.98. The van der Waals surface area contributed by atoms with Crippen molar-refractivity contribution in [3.63, 3.8) is 0 Å². The summed E-state index contributed by atoms with van der Waals surface area (Å²) in [6.07, 6.45) is 1.41.